The van der Waals surface area contributed by atoms with Crippen LogP contribution < -0.4 is 21.3 Å². The Labute approximate surface area is 114 Å². The minimum absolute atomic E-state index is 0.473. The highest BCUT2D eigenvalue weighted by atomic mass is 16.2. The molecule has 1 saturated heterocycles. The first-order valence-electron chi connectivity index (χ1n) is 6.84. The predicted molar refractivity (Wildman–Crippen MR) is 77.2 cm³/mol. The van der Waals surface area contributed by atoms with Crippen molar-refractivity contribution in [3.8, 4) is 0 Å². The lowest BCUT2D eigenvalue weighted by atomic mass is 10.1. The summed E-state index contributed by atoms with van der Waals surface area (Å²) in [6.07, 6.45) is 2.56. The van der Waals surface area contributed by atoms with Gasteiger partial charge in [0.1, 0.15) is 0 Å². The number of carbonyl (C=O) groups is 1. The number of anilines is 1. The first-order chi connectivity index (χ1) is 9.27. The van der Waals surface area contributed by atoms with Gasteiger partial charge in [-0.3, -0.25) is 0 Å². The molecule has 4 N–H and O–H groups in total. The minimum Gasteiger partial charge on any atom is -0.371 e. The molecular formula is C14H22N4O. The third-order valence-corrected chi connectivity index (χ3v) is 3.35. The van der Waals surface area contributed by atoms with Gasteiger partial charge in [0.2, 0.25) is 0 Å². The van der Waals surface area contributed by atoms with Crippen molar-refractivity contribution in [3.05, 3.63) is 29.8 Å². The van der Waals surface area contributed by atoms with E-state index in [1.807, 2.05) is 0 Å². The van der Waals surface area contributed by atoms with Gasteiger partial charge in [-0.1, -0.05) is 18.2 Å². The van der Waals surface area contributed by atoms with Crippen LogP contribution in [0, 0.1) is 0 Å². The highest BCUT2D eigenvalue weighted by Gasteiger charge is 2.14. The van der Waals surface area contributed by atoms with E-state index < -0.39 is 6.03 Å². The van der Waals surface area contributed by atoms with Crippen LogP contribution in [-0.2, 0) is 6.54 Å². The zero-order chi connectivity index (χ0) is 13.5. The van der Waals surface area contributed by atoms with Crippen molar-refractivity contribution >= 4 is 11.7 Å². The number of amides is 2. The van der Waals surface area contributed by atoms with Gasteiger partial charge in [0.25, 0.3) is 0 Å². The minimum atomic E-state index is -0.473. The molecule has 0 unspecified atom stereocenters. The fraction of sp³-hybridized carbons (Fsp3) is 0.500. The Morgan fingerprint density at radius 1 is 1.21 bits per heavy atom. The first kappa shape index (κ1) is 13.7. The Morgan fingerprint density at radius 2 is 1.95 bits per heavy atom. The van der Waals surface area contributed by atoms with Crippen molar-refractivity contribution in [2.75, 3.05) is 31.1 Å². The molecule has 0 atom stereocenters. The number of para-hydroxylation sites is 1. The van der Waals surface area contributed by atoms with Crippen LogP contribution in [0.15, 0.2) is 24.3 Å². The lowest BCUT2D eigenvalue weighted by Crippen LogP contribution is -2.35. The fourth-order valence-electron chi connectivity index (χ4n) is 2.42. The number of primary amides is 1. The van der Waals surface area contributed by atoms with E-state index in [2.05, 4.69) is 39.8 Å². The molecule has 5 nitrogen and oxygen atoms in total. The van der Waals surface area contributed by atoms with Crippen LogP contribution in [-0.4, -0.2) is 32.2 Å². The number of hydrogen-bond donors (Lipinski definition) is 3. The lowest BCUT2D eigenvalue weighted by Gasteiger charge is -2.21. The number of rotatable bonds is 6. The van der Waals surface area contributed by atoms with E-state index in [1.165, 1.54) is 24.1 Å². The van der Waals surface area contributed by atoms with Crippen molar-refractivity contribution in [2.24, 2.45) is 5.73 Å². The topological polar surface area (TPSA) is 70.4 Å². The Bertz CT molecular complexity index is 416. The Morgan fingerprint density at radius 3 is 2.68 bits per heavy atom. The summed E-state index contributed by atoms with van der Waals surface area (Å²) in [6, 6.07) is 8.02. The molecule has 19 heavy (non-hydrogen) atoms. The average molecular weight is 262 g/mol. The molecule has 5 heteroatoms. The quantitative estimate of drug-likeness (QED) is 0.671. The molecule has 104 valence electrons. The standard InChI is InChI=1S/C14H22N4O/c15-14(19)17-8-7-16-11-12-5-1-2-6-13(12)18-9-3-4-10-18/h1-2,5-6,16H,3-4,7-11H2,(H3,15,17,19). The number of urea groups is 1. The summed E-state index contributed by atoms with van der Waals surface area (Å²) >= 11 is 0. The normalized spacial score (nSPS) is 14.6. The van der Waals surface area contributed by atoms with Gasteiger partial charge in [0.05, 0.1) is 0 Å². The summed E-state index contributed by atoms with van der Waals surface area (Å²) in [5.41, 5.74) is 7.65. The number of benzene rings is 1. The van der Waals surface area contributed by atoms with E-state index >= 15 is 0 Å². The maximum absolute atomic E-state index is 10.5. The summed E-state index contributed by atoms with van der Waals surface area (Å²) < 4.78 is 0. The van der Waals surface area contributed by atoms with Crippen LogP contribution in [0.2, 0.25) is 0 Å². The molecule has 2 amide bonds. The van der Waals surface area contributed by atoms with Crippen LogP contribution in [0.1, 0.15) is 18.4 Å². The second-order valence-corrected chi connectivity index (χ2v) is 4.79. The molecule has 1 heterocycles. The van der Waals surface area contributed by atoms with E-state index in [1.54, 1.807) is 0 Å². The SMILES string of the molecule is NC(=O)NCCNCc1ccccc1N1CCCC1. The first-order valence-corrected chi connectivity index (χ1v) is 6.84. The second kappa shape index (κ2) is 6.99. The van der Waals surface area contributed by atoms with Gasteiger partial charge >= 0.3 is 6.03 Å². The maximum Gasteiger partial charge on any atom is 0.312 e. The van der Waals surface area contributed by atoms with Gasteiger partial charge < -0.3 is 21.3 Å². The van der Waals surface area contributed by atoms with Crippen molar-refractivity contribution < 1.29 is 4.79 Å². The summed E-state index contributed by atoms with van der Waals surface area (Å²) in [5.74, 6) is 0. The Kier molecular flexibility index (Phi) is 5.03. The van der Waals surface area contributed by atoms with Crippen LogP contribution >= 0.6 is 0 Å². The molecule has 1 aliphatic rings. The molecule has 1 aromatic carbocycles. The van der Waals surface area contributed by atoms with E-state index in [-0.39, 0.29) is 0 Å². The summed E-state index contributed by atoms with van der Waals surface area (Å²) in [5, 5.41) is 5.89. The summed E-state index contributed by atoms with van der Waals surface area (Å²) in [6.45, 7) is 4.39. The van der Waals surface area contributed by atoms with Gasteiger partial charge in [-0.2, -0.15) is 0 Å². The number of carbonyl (C=O) groups excluding carboxylic acids is 1. The molecule has 0 saturated carbocycles. The molecule has 1 aliphatic heterocycles. The molecule has 1 fully saturated rings. The highest BCUT2D eigenvalue weighted by molar-refractivity contribution is 5.71. The molecule has 0 aromatic heterocycles. The second-order valence-electron chi connectivity index (χ2n) is 4.79. The average Bonchev–Trinajstić information content (AvgIpc) is 2.92. The van der Waals surface area contributed by atoms with Crippen molar-refractivity contribution in [2.45, 2.75) is 19.4 Å². The zero-order valence-corrected chi connectivity index (χ0v) is 11.2. The van der Waals surface area contributed by atoms with Crippen molar-refractivity contribution in [3.63, 3.8) is 0 Å². The zero-order valence-electron chi connectivity index (χ0n) is 11.2. The van der Waals surface area contributed by atoms with E-state index in [0.29, 0.717) is 6.54 Å². The monoisotopic (exact) mass is 262 g/mol. The molecule has 0 bridgehead atoms. The maximum atomic E-state index is 10.5. The van der Waals surface area contributed by atoms with Crippen LogP contribution in [0.5, 0.6) is 0 Å². The molecule has 1 aromatic rings. The van der Waals surface area contributed by atoms with E-state index in [0.717, 1.165) is 26.2 Å². The van der Waals surface area contributed by atoms with Gasteiger partial charge in [-0.25, -0.2) is 4.79 Å². The fourth-order valence-corrected chi connectivity index (χ4v) is 2.42. The highest BCUT2D eigenvalue weighted by Crippen LogP contribution is 2.24. The summed E-state index contributed by atoms with van der Waals surface area (Å²) in [4.78, 5) is 13.0. The Hall–Kier alpha value is -1.75. The smallest absolute Gasteiger partial charge is 0.312 e. The van der Waals surface area contributed by atoms with Gasteiger partial charge in [0, 0.05) is 38.4 Å². The molecule has 0 aliphatic carbocycles. The third kappa shape index (κ3) is 4.13. The number of hydrogen-bond acceptors (Lipinski definition) is 3. The largest absolute Gasteiger partial charge is 0.371 e. The van der Waals surface area contributed by atoms with Crippen LogP contribution in [0.3, 0.4) is 0 Å². The molecular weight excluding hydrogens is 240 g/mol. The van der Waals surface area contributed by atoms with Gasteiger partial charge in [-0.05, 0) is 24.5 Å². The molecule has 2 rings (SSSR count). The van der Waals surface area contributed by atoms with Crippen LogP contribution in [0.4, 0.5) is 10.5 Å². The summed E-state index contributed by atoms with van der Waals surface area (Å²) in [7, 11) is 0. The third-order valence-electron chi connectivity index (χ3n) is 3.35. The lowest BCUT2D eigenvalue weighted by molar-refractivity contribution is 0.249. The van der Waals surface area contributed by atoms with E-state index in [9.17, 15) is 4.79 Å². The van der Waals surface area contributed by atoms with Crippen molar-refractivity contribution in [1.82, 2.24) is 10.6 Å². The van der Waals surface area contributed by atoms with Crippen molar-refractivity contribution in [1.29, 1.82) is 0 Å². The number of nitrogens with two attached hydrogens (primary N) is 1. The molecule has 0 spiro atoms. The molecule has 0 radical (unpaired) electrons. The van der Waals surface area contributed by atoms with Gasteiger partial charge in [0.15, 0.2) is 0 Å². The number of nitrogens with zero attached hydrogens (tertiary/aromatic N) is 1. The number of nitrogens with one attached hydrogen (secondary N) is 2. The predicted octanol–water partition coefficient (Wildman–Crippen LogP) is 1.04. The van der Waals surface area contributed by atoms with Crippen LogP contribution in [0.25, 0.3) is 0 Å². The van der Waals surface area contributed by atoms with Gasteiger partial charge in [-0.15, -0.1) is 0 Å². The van der Waals surface area contributed by atoms with E-state index in [4.69, 9.17) is 5.73 Å². The Balaban J connectivity index is 1.84.